The second-order valence-corrected chi connectivity index (χ2v) is 22.4. The third kappa shape index (κ3) is 59.0. The van der Waals surface area contributed by atoms with Crippen molar-refractivity contribution in [2.45, 2.75) is 380 Å². The van der Waals surface area contributed by atoms with Gasteiger partial charge in [0.25, 0.3) is 0 Å². The van der Waals surface area contributed by atoms with Gasteiger partial charge < -0.3 is 14.2 Å². The number of rotatable bonds is 61. The number of hydrogen-bond donors (Lipinski definition) is 0. The van der Waals surface area contributed by atoms with E-state index in [0.717, 1.165) is 64.2 Å². The van der Waals surface area contributed by atoms with Crippen LogP contribution < -0.4 is 0 Å². The molecule has 0 aromatic carbocycles. The third-order valence-corrected chi connectivity index (χ3v) is 15.0. The first-order valence-corrected chi connectivity index (χ1v) is 32.7. The summed E-state index contributed by atoms with van der Waals surface area (Å²) in [5, 5.41) is 0. The van der Waals surface area contributed by atoms with Crippen LogP contribution in [0.1, 0.15) is 374 Å². The maximum Gasteiger partial charge on any atom is 0.306 e. The van der Waals surface area contributed by atoms with E-state index in [1.165, 1.54) is 270 Å². The monoisotopic (exact) mass is 1010 g/mol. The van der Waals surface area contributed by atoms with Gasteiger partial charge in [-0.2, -0.15) is 0 Å². The summed E-state index contributed by atoms with van der Waals surface area (Å²) in [6.45, 7) is 6.72. The van der Waals surface area contributed by atoms with Gasteiger partial charge in [0.2, 0.25) is 0 Å². The van der Waals surface area contributed by atoms with Crippen molar-refractivity contribution in [2.24, 2.45) is 0 Å². The van der Waals surface area contributed by atoms with E-state index in [1.807, 2.05) is 0 Å². The number of hydrogen-bond acceptors (Lipinski definition) is 6. The summed E-state index contributed by atoms with van der Waals surface area (Å²) < 4.78 is 17.0. The SMILES string of the molecule is CCCCCCCCCCC/C=C\CCCCCCCC(=O)OCC(COC(=O)CCCCCCCCCCCCCCCCCCCC)OC(=O)CCCCCCCCCCCCCCCCCCCC. The lowest BCUT2D eigenvalue weighted by atomic mass is 10.0. The first kappa shape index (κ1) is 70.1. The Morgan fingerprint density at radius 2 is 0.458 bits per heavy atom. The molecule has 0 fully saturated rings. The second kappa shape index (κ2) is 61.7. The number of carbonyl (C=O) groups excluding carboxylic acids is 3. The lowest BCUT2D eigenvalue weighted by molar-refractivity contribution is -0.167. The number of ether oxygens (including phenoxy) is 3. The van der Waals surface area contributed by atoms with E-state index >= 15 is 0 Å². The zero-order chi connectivity index (χ0) is 52.2. The molecule has 0 aliphatic carbocycles. The lowest BCUT2D eigenvalue weighted by Gasteiger charge is -2.18. The van der Waals surface area contributed by atoms with Gasteiger partial charge in [0.05, 0.1) is 0 Å². The molecule has 0 heterocycles. The van der Waals surface area contributed by atoms with Crippen LogP contribution in [0.3, 0.4) is 0 Å². The highest BCUT2D eigenvalue weighted by atomic mass is 16.6. The van der Waals surface area contributed by atoms with E-state index in [1.54, 1.807) is 0 Å². The molecule has 1 unspecified atom stereocenters. The average molecular weight is 1020 g/mol. The first-order valence-electron chi connectivity index (χ1n) is 32.7. The van der Waals surface area contributed by atoms with Gasteiger partial charge in [0.1, 0.15) is 13.2 Å². The summed E-state index contributed by atoms with van der Waals surface area (Å²) in [5.41, 5.74) is 0. The Hall–Kier alpha value is -1.85. The normalized spacial score (nSPS) is 12.0. The molecule has 0 amide bonds. The standard InChI is InChI=1S/C66H126O6/c1-4-7-10-13-16-19-22-25-28-31-34-37-40-43-46-49-52-55-58-64(67)70-61-63(72-66(69)60-57-54-51-48-45-42-39-36-33-30-27-24-21-18-15-12-9-6-3)62-71-65(68)59-56-53-50-47-44-41-38-35-32-29-26-23-20-17-14-11-8-5-2/h34,37,63H,4-33,35-36,38-62H2,1-3H3/b37-34-. The zero-order valence-electron chi connectivity index (χ0n) is 49.0. The number of carbonyl (C=O) groups is 3. The minimum Gasteiger partial charge on any atom is -0.462 e. The molecule has 0 spiro atoms. The Morgan fingerprint density at radius 3 is 0.694 bits per heavy atom. The second-order valence-electron chi connectivity index (χ2n) is 22.4. The number of unbranched alkanes of at least 4 members (excludes halogenated alkanes) is 48. The molecular weight excluding hydrogens is 889 g/mol. The topological polar surface area (TPSA) is 78.9 Å². The molecule has 0 aromatic rings. The van der Waals surface area contributed by atoms with Gasteiger partial charge in [-0.3, -0.25) is 14.4 Å². The molecule has 0 aliphatic rings. The highest BCUT2D eigenvalue weighted by Crippen LogP contribution is 2.18. The maximum atomic E-state index is 12.9. The molecule has 0 radical (unpaired) electrons. The van der Waals surface area contributed by atoms with Crippen LogP contribution in [0.25, 0.3) is 0 Å². The van der Waals surface area contributed by atoms with Crippen LogP contribution in [0.15, 0.2) is 12.2 Å². The van der Waals surface area contributed by atoms with Crippen LogP contribution in [-0.4, -0.2) is 37.2 Å². The van der Waals surface area contributed by atoms with Gasteiger partial charge in [-0.25, -0.2) is 0 Å². The summed E-state index contributed by atoms with van der Waals surface area (Å²) in [6, 6.07) is 0. The predicted octanol–water partition coefficient (Wildman–Crippen LogP) is 22.1. The van der Waals surface area contributed by atoms with E-state index in [-0.39, 0.29) is 31.1 Å². The largest absolute Gasteiger partial charge is 0.462 e. The molecule has 0 rings (SSSR count). The maximum absolute atomic E-state index is 12.9. The van der Waals surface area contributed by atoms with Crippen LogP contribution in [0.2, 0.25) is 0 Å². The molecule has 0 bridgehead atoms. The van der Waals surface area contributed by atoms with E-state index in [4.69, 9.17) is 14.2 Å². The summed E-state index contributed by atoms with van der Waals surface area (Å²) in [4.78, 5) is 38.3. The molecule has 426 valence electrons. The van der Waals surface area contributed by atoms with Crippen molar-refractivity contribution in [2.75, 3.05) is 13.2 Å². The molecule has 0 aromatic heterocycles. The summed E-state index contributed by atoms with van der Waals surface area (Å²) in [5.74, 6) is -0.841. The molecule has 0 aliphatic heterocycles. The van der Waals surface area contributed by atoms with E-state index in [0.29, 0.717) is 19.3 Å². The Kier molecular flexibility index (Phi) is 60.1. The van der Waals surface area contributed by atoms with Gasteiger partial charge in [-0.1, -0.05) is 322 Å². The lowest BCUT2D eigenvalue weighted by Crippen LogP contribution is -2.30. The summed E-state index contributed by atoms with van der Waals surface area (Å²) in [7, 11) is 0. The van der Waals surface area contributed by atoms with Crippen molar-refractivity contribution in [3.05, 3.63) is 12.2 Å². The fourth-order valence-electron chi connectivity index (χ4n) is 10.1. The molecule has 0 saturated heterocycles. The van der Waals surface area contributed by atoms with Crippen LogP contribution >= 0.6 is 0 Å². The highest BCUT2D eigenvalue weighted by Gasteiger charge is 2.19. The van der Waals surface area contributed by atoms with Crippen molar-refractivity contribution >= 4 is 17.9 Å². The molecule has 72 heavy (non-hydrogen) atoms. The Morgan fingerprint density at radius 1 is 0.264 bits per heavy atom. The van der Waals surface area contributed by atoms with Crippen LogP contribution in [0.4, 0.5) is 0 Å². The third-order valence-electron chi connectivity index (χ3n) is 15.0. The van der Waals surface area contributed by atoms with E-state index in [2.05, 4.69) is 32.9 Å². The molecular formula is C66H126O6. The minimum atomic E-state index is -0.769. The van der Waals surface area contributed by atoms with Crippen LogP contribution in [-0.2, 0) is 28.6 Å². The fourth-order valence-corrected chi connectivity index (χ4v) is 10.1. The molecule has 0 N–H and O–H groups in total. The van der Waals surface area contributed by atoms with Crippen LogP contribution in [0.5, 0.6) is 0 Å². The number of esters is 3. The molecule has 6 nitrogen and oxygen atoms in total. The molecule has 1 atom stereocenters. The van der Waals surface area contributed by atoms with Crippen molar-refractivity contribution < 1.29 is 28.6 Å². The summed E-state index contributed by atoms with van der Waals surface area (Å²) in [6.07, 6.45) is 72.2. The van der Waals surface area contributed by atoms with Crippen molar-refractivity contribution in [1.29, 1.82) is 0 Å². The highest BCUT2D eigenvalue weighted by molar-refractivity contribution is 5.71. The van der Waals surface area contributed by atoms with Gasteiger partial charge in [-0.15, -0.1) is 0 Å². The predicted molar refractivity (Wildman–Crippen MR) is 312 cm³/mol. The molecule has 0 saturated carbocycles. The van der Waals surface area contributed by atoms with Gasteiger partial charge >= 0.3 is 17.9 Å². The Bertz CT molecular complexity index is 1120. The first-order chi connectivity index (χ1) is 35.5. The quantitative estimate of drug-likeness (QED) is 0.0261. The van der Waals surface area contributed by atoms with Crippen molar-refractivity contribution in [3.8, 4) is 0 Å². The van der Waals surface area contributed by atoms with Gasteiger partial charge in [-0.05, 0) is 44.9 Å². The van der Waals surface area contributed by atoms with Crippen molar-refractivity contribution in [1.82, 2.24) is 0 Å². The average Bonchev–Trinajstić information content (AvgIpc) is 3.38. The van der Waals surface area contributed by atoms with Crippen molar-refractivity contribution in [3.63, 3.8) is 0 Å². The number of allylic oxidation sites excluding steroid dienone is 2. The van der Waals surface area contributed by atoms with E-state index in [9.17, 15) is 14.4 Å². The van der Waals surface area contributed by atoms with Gasteiger partial charge in [0.15, 0.2) is 6.10 Å². The van der Waals surface area contributed by atoms with Gasteiger partial charge in [0, 0.05) is 19.3 Å². The minimum absolute atomic E-state index is 0.0658. The van der Waals surface area contributed by atoms with E-state index < -0.39 is 6.10 Å². The Labute approximate surface area is 450 Å². The Balaban J connectivity index is 4.31. The van der Waals surface area contributed by atoms with Crippen LogP contribution in [0, 0.1) is 0 Å². The zero-order valence-corrected chi connectivity index (χ0v) is 49.0. The fraction of sp³-hybridized carbons (Fsp3) is 0.924. The summed E-state index contributed by atoms with van der Waals surface area (Å²) >= 11 is 0. The molecule has 6 heteroatoms. The smallest absolute Gasteiger partial charge is 0.306 e.